The summed E-state index contributed by atoms with van der Waals surface area (Å²) in [7, 11) is 0. The van der Waals surface area contributed by atoms with Gasteiger partial charge in [-0.1, -0.05) is 65.8 Å². The molecule has 0 saturated heterocycles. The number of hydrogen-bond donors (Lipinski definition) is 0. The first-order valence-corrected chi connectivity index (χ1v) is 7.94. The lowest BCUT2D eigenvalue weighted by Gasteiger charge is -2.34. The standard InChI is InChI=1S/C21H24O/c1-20(2,3)17-12-15-14-10-8-7-9-13(14)11-16(15)19(22)18(17)21(4,5)6/h7-12H,1-6H3. The van der Waals surface area contributed by atoms with Crippen LogP contribution in [-0.2, 0) is 4.79 Å². The van der Waals surface area contributed by atoms with E-state index in [-0.39, 0.29) is 16.6 Å². The minimum absolute atomic E-state index is 0.0473. The topological polar surface area (TPSA) is 17.1 Å². The molecule has 1 heteroatoms. The van der Waals surface area contributed by atoms with Gasteiger partial charge in [0.2, 0.25) is 0 Å². The van der Waals surface area contributed by atoms with E-state index >= 15 is 0 Å². The van der Waals surface area contributed by atoms with E-state index in [0.29, 0.717) is 0 Å². The highest BCUT2D eigenvalue weighted by Gasteiger charge is 2.39. The molecular formula is C21H24O. The minimum atomic E-state index is -0.155. The van der Waals surface area contributed by atoms with E-state index in [1.807, 2.05) is 12.1 Å². The van der Waals surface area contributed by atoms with Crippen LogP contribution < -0.4 is 0 Å². The number of Topliss-reactive ketones (excluding diaryl/α,β-unsaturated/α-hetero) is 1. The van der Waals surface area contributed by atoms with Crippen molar-refractivity contribution in [1.29, 1.82) is 0 Å². The first-order chi connectivity index (χ1) is 10.1. The van der Waals surface area contributed by atoms with Crippen molar-refractivity contribution < 1.29 is 4.79 Å². The summed E-state index contributed by atoms with van der Waals surface area (Å²) in [6.07, 6.45) is 4.30. The van der Waals surface area contributed by atoms with Crippen LogP contribution in [0.3, 0.4) is 0 Å². The van der Waals surface area contributed by atoms with Gasteiger partial charge in [0.15, 0.2) is 5.78 Å². The molecule has 0 aromatic heterocycles. The van der Waals surface area contributed by atoms with Crippen LogP contribution in [0, 0.1) is 10.8 Å². The molecule has 1 nitrogen and oxygen atoms in total. The molecular weight excluding hydrogens is 268 g/mol. The number of carbonyl (C=O) groups excluding carboxylic acids is 1. The Morgan fingerprint density at radius 2 is 1.41 bits per heavy atom. The van der Waals surface area contributed by atoms with Crippen molar-refractivity contribution in [2.24, 2.45) is 10.8 Å². The third kappa shape index (κ3) is 2.20. The van der Waals surface area contributed by atoms with Gasteiger partial charge < -0.3 is 0 Å². The highest BCUT2D eigenvalue weighted by molar-refractivity contribution is 6.26. The monoisotopic (exact) mass is 292 g/mol. The van der Waals surface area contributed by atoms with Crippen molar-refractivity contribution in [3.63, 3.8) is 0 Å². The zero-order chi connectivity index (χ0) is 16.3. The van der Waals surface area contributed by atoms with Gasteiger partial charge in [-0.05, 0) is 45.3 Å². The average Bonchev–Trinajstić information content (AvgIpc) is 2.75. The van der Waals surface area contributed by atoms with Gasteiger partial charge in [0.1, 0.15) is 0 Å². The summed E-state index contributed by atoms with van der Waals surface area (Å²) in [6, 6.07) is 8.27. The highest BCUT2D eigenvalue weighted by atomic mass is 16.1. The van der Waals surface area contributed by atoms with Gasteiger partial charge in [0, 0.05) is 11.1 Å². The Morgan fingerprint density at radius 1 is 0.773 bits per heavy atom. The molecule has 2 aliphatic rings. The van der Waals surface area contributed by atoms with E-state index in [9.17, 15) is 4.79 Å². The zero-order valence-electron chi connectivity index (χ0n) is 14.4. The molecule has 0 bridgehead atoms. The van der Waals surface area contributed by atoms with Crippen molar-refractivity contribution in [3.8, 4) is 0 Å². The molecule has 0 saturated carbocycles. The summed E-state index contributed by atoms with van der Waals surface area (Å²) in [5, 5.41) is 0. The molecule has 0 N–H and O–H groups in total. The molecule has 0 spiro atoms. The lowest BCUT2D eigenvalue weighted by Crippen LogP contribution is -2.28. The van der Waals surface area contributed by atoms with Crippen molar-refractivity contribution in [2.45, 2.75) is 41.5 Å². The molecule has 0 heterocycles. The maximum atomic E-state index is 13.2. The van der Waals surface area contributed by atoms with E-state index in [4.69, 9.17) is 0 Å². The Kier molecular flexibility index (Phi) is 3.11. The molecule has 0 atom stereocenters. The van der Waals surface area contributed by atoms with Gasteiger partial charge in [0.05, 0.1) is 0 Å². The predicted molar refractivity (Wildman–Crippen MR) is 93.3 cm³/mol. The molecule has 22 heavy (non-hydrogen) atoms. The average molecular weight is 292 g/mol. The van der Waals surface area contributed by atoms with Crippen LogP contribution in [0.25, 0.3) is 11.6 Å². The van der Waals surface area contributed by atoms with Crippen LogP contribution in [-0.4, -0.2) is 5.78 Å². The van der Waals surface area contributed by atoms with Gasteiger partial charge in [-0.2, -0.15) is 0 Å². The van der Waals surface area contributed by atoms with E-state index in [2.05, 4.69) is 65.8 Å². The first kappa shape index (κ1) is 15.0. The largest absolute Gasteiger partial charge is 0.289 e. The molecule has 2 aliphatic carbocycles. The van der Waals surface area contributed by atoms with Crippen molar-refractivity contribution in [2.75, 3.05) is 0 Å². The molecule has 0 fully saturated rings. The molecule has 0 aliphatic heterocycles. The quantitative estimate of drug-likeness (QED) is 0.622. The number of hydrogen-bond acceptors (Lipinski definition) is 1. The number of ketones is 1. The van der Waals surface area contributed by atoms with Crippen LogP contribution in [0.4, 0.5) is 0 Å². The Hall–Kier alpha value is -1.89. The predicted octanol–water partition coefficient (Wildman–Crippen LogP) is 5.44. The van der Waals surface area contributed by atoms with Crippen LogP contribution in [0.1, 0.15) is 52.7 Å². The third-order valence-electron chi connectivity index (χ3n) is 4.43. The van der Waals surface area contributed by atoms with Gasteiger partial charge >= 0.3 is 0 Å². The van der Waals surface area contributed by atoms with Gasteiger partial charge in [0.25, 0.3) is 0 Å². The maximum Gasteiger partial charge on any atom is 0.190 e. The Bertz CT molecular complexity index is 756. The van der Waals surface area contributed by atoms with E-state index in [1.54, 1.807) is 0 Å². The summed E-state index contributed by atoms with van der Waals surface area (Å²) in [5.41, 5.74) is 6.22. The number of rotatable bonds is 0. The Morgan fingerprint density at radius 3 is 2.00 bits per heavy atom. The summed E-state index contributed by atoms with van der Waals surface area (Å²) in [6.45, 7) is 13.0. The molecule has 1 aromatic rings. The summed E-state index contributed by atoms with van der Waals surface area (Å²) in [4.78, 5) is 13.2. The van der Waals surface area contributed by atoms with Crippen LogP contribution in [0.2, 0.25) is 0 Å². The molecule has 0 radical (unpaired) electrons. The minimum Gasteiger partial charge on any atom is -0.289 e. The SMILES string of the molecule is CC(C)(C)C1=C(C(C)(C)C)C(=O)C2=Cc3ccccc3C2=C1. The smallest absolute Gasteiger partial charge is 0.190 e. The second-order valence-corrected chi connectivity index (χ2v) is 8.32. The van der Waals surface area contributed by atoms with Gasteiger partial charge in [-0.3, -0.25) is 4.79 Å². The Labute approximate surface area is 133 Å². The highest BCUT2D eigenvalue weighted by Crippen LogP contribution is 2.48. The fourth-order valence-electron chi connectivity index (χ4n) is 3.40. The lowest BCUT2D eigenvalue weighted by molar-refractivity contribution is -0.112. The summed E-state index contributed by atoms with van der Waals surface area (Å²) < 4.78 is 0. The molecule has 3 rings (SSSR count). The normalized spacial score (nSPS) is 18.0. The molecule has 114 valence electrons. The number of allylic oxidation sites excluding steroid dienone is 5. The maximum absolute atomic E-state index is 13.2. The van der Waals surface area contributed by atoms with Gasteiger partial charge in [-0.15, -0.1) is 0 Å². The van der Waals surface area contributed by atoms with Crippen molar-refractivity contribution in [1.82, 2.24) is 0 Å². The second kappa shape index (κ2) is 4.55. The first-order valence-electron chi connectivity index (χ1n) is 7.94. The van der Waals surface area contributed by atoms with E-state index in [1.165, 1.54) is 11.1 Å². The number of fused-ring (bicyclic) bond motifs is 3. The fourth-order valence-corrected chi connectivity index (χ4v) is 3.40. The third-order valence-corrected chi connectivity index (χ3v) is 4.43. The summed E-state index contributed by atoms with van der Waals surface area (Å²) in [5.74, 6) is 0.200. The summed E-state index contributed by atoms with van der Waals surface area (Å²) >= 11 is 0. The van der Waals surface area contributed by atoms with Gasteiger partial charge in [-0.25, -0.2) is 0 Å². The molecule has 0 unspecified atom stereocenters. The van der Waals surface area contributed by atoms with E-state index < -0.39 is 0 Å². The zero-order valence-corrected chi connectivity index (χ0v) is 14.4. The van der Waals surface area contributed by atoms with Crippen LogP contribution in [0.5, 0.6) is 0 Å². The van der Waals surface area contributed by atoms with E-state index in [0.717, 1.165) is 22.3 Å². The van der Waals surface area contributed by atoms with Crippen molar-refractivity contribution >= 4 is 17.4 Å². The fraction of sp³-hybridized carbons (Fsp3) is 0.381. The molecule has 1 aromatic carbocycles. The number of carbonyl (C=O) groups is 1. The van der Waals surface area contributed by atoms with Crippen molar-refractivity contribution in [3.05, 3.63) is 58.2 Å². The second-order valence-electron chi connectivity index (χ2n) is 8.32. The lowest BCUT2D eigenvalue weighted by atomic mass is 9.68. The van der Waals surface area contributed by atoms with Crippen LogP contribution in [0.15, 0.2) is 47.1 Å². The molecule has 0 amide bonds. The Balaban J connectivity index is 2.30. The van der Waals surface area contributed by atoms with Crippen LogP contribution >= 0.6 is 0 Å². The number of benzene rings is 1.